The number of aliphatic carboxylic acids is 1. The first-order chi connectivity index (χ1) is 10.2. The molecule has 2 unspecified atom stereocenters. The first-order valence-corrected chi connectivity index (χ1v) is 7.93. The molecule has 0 bridgehead atoms. The third-order valence-corrected chi connectivity index (χ3v) is 4.62. The van der Waals surface area contributed by atoms with Gasteiger partial charge in [-0.3, -0.25) is 4.79 Å². The first-order valence-electron chi connectivity index (χ1n) is 7.93. The minimum Gasteiger partial charge on any atom is -0.493 e. The average molecular weight is 289 g/mol. The molecule has 2 aliphatic rings. The normalized spacial score (nSPS) is 24.4. The number of nitrogens with one attached hydrogen (secondary N) is 1. The molecule has 3 rings (SSSR count). The molecule has 1 aliphatic carbocycles. The zero-order chi connectivity index (χ0) is 14.7. The summed E-state index contributed by atoms with van der Waals surface area (Å²) in [6.07, 6.45) is 5.72. The summed E-state index contributed by atoms with van der Waals surface area (Å²) in [6, 6.07) is 6.80. The lowest BCUT2D eigenvalue weighted by Crippen LogP contribution is -2.37. The monoisotopic (exact) mass is 289 g/mol. The third kappa shape index (κ3) is 3.56. The van der Waals surface area contributed by atoms with Gasteiger partial charge >= 0.3 is 5.97 Å². The summed E-state index contributed by atoms with van der Waals surface area (Å²) >= 11 is 0. The number of hydrogen-bond donors (Lipinski definition) is 2. The van der Waals surface area contributed by atoms with Crippen LogP contribution in [-0.2, 0) is 17.6 Å². The molecule has 21 heavy (non-hydrogen) atoms. The van der Waals surface area contributed by atoms with Gasteiger partial charge in [-0.2, -0.15) is 0 Å². The van der Waals surface area contributed by atoms with Crippen LogP contribution >= 0.6 is 0 Å². The molecule has 0 amide bonds. The molecule has 0 aromatic heterocycles. The maximum atomic E-state index is 11.1. The van der Waals surface area contributed by atoms with Crippen LogP contribution < -0.4 is 10.1 Å². The van der Waals surface area contributed by atoms with E-state index in [2.05, 4.69) is 23.5 Å². The summed E-state index contributed by atoms with van der Waals surface area (Å²) in [5, 5.41) is 12.6. The smallest absolute Gasteiger partial charge is 0.306 e. The van der Waals surface area contributed by atoms with Crippen LogP contribution in [0.3, 0.4) is 0 Å². The predicted octanol–water partition coefficient (Wildman–Crippen LogP) is 2.40. The van der Waals surface area contributed by atoms with Gasteiger partial charge < -0.3 is 15.2 Å². The number of carbonyl (C=O) groups is 1. The quantitative estimate of drug-likeness (QED) is 0.874. The average Bonchev–Trinajstić information content (AvgIpc) is 2.95. The highest BCUT2D eigenvalue weighted by Crippen LogP contribution is 2.26. The maximum absolute atomic E-state index is 11.1. The van der Waals surface area contributed by atoms with Crippen molar-refractivity contribution in [1.82, 2.24) is 5.32 Å². The molecule has 4 nitrogen and oxygen atoms in total. The maximum Gasteiger partial charge on any atom is 0.306 e. The van der Waals surface area contributed by atoms with Gasteiger partial charge in [-0.05, 0) is 49.4 Å². The zero-order valence-corrected chi connectivity index (χ0v) is 12.3. The Balaban J connectivity index is 1.46. The Labute approximate surface area is 125 Å². The number of hydrogen-bond acceptors (Lipinski definition) is 3. The van der Waals surface area contributed by atoms with Crippen LogP contribution in [-0.4, -0.2) is 30.3 Å². The molecule has 1 fully saturated rings. The van der Waals surface area contributed by atoms with E-state index < -0.39 is 5.97 Å². The van der Waals surface area contributed by atoms with Gasteiger partial charge in [0.2, 0.25) is 0 Å². The lowest BCUT2D eigenvalue weighted by Gasteiger charge is -2.27. The van der Waals surface area contributed by atoms with Crippen molar-refractivity contribution in [1.29, 1.82) is 0 Å². The number of ether oxygens (including phenoxy) is 1. The molecule has 1 aliphatic heterocycles. The van der Waals surface area contributed by atoms with Gasteiger partial charge in [-0.1, -0.05) is 18.6 Å². The highest BCUT2D eigenvalue weighted by molar-refractivity contribution is 5.70. The summed E-state index contributed by atoms with van der Waals surface area (Å²) < 4.78 is 5.52. The standard InChI is InChI=1S/C17H23NO3/c19-17(20)14-2-1-3-15(11-14)18-8-6-12-4-5-16-13(10-12)7-9-21-16/h4-5,10,14-15,18H,1-3,6-9,11H2,(H,19,20). The van der Waals surface area contributed by atoms with Crippen molar-refractivity contribution < 1.29 is 14.6 Å². The Bertz CT molecular complexity index is 515. The number of benzene rings is 1. The van der Waals surface area contributed by atoms with Gasteiger partial charge in [0.1, 0.15) is 5.75 Å². The third-order valence-electron chi connectivity index (χ3n) is 4.62. The molecule has 2 N–H and O–H groups in total. The summed E-state index contributed by atoms with van der Waals surface area (Å²) in [6.45, 7) is 1.71. The fourth-order valence-corrected chi connectivity index (χ4v) is 3.42. The summed E-state index contributed by atoms with van der Waals surface area (Å²) in [7, 11) is 0. The van der Waals surface area contributed by atoms with E-state index in [0.717, 1.165) is 57.4 Å². The first kappa shape index (κ1) is 14.4. The lowest BCUT2D eigenvalue weighted by atomic mass is 9.86. The number of carboxylic acids is 1. The molecule has 4 heteroatoms. The van der Waals surface area contributed by atoms with Crippen molar-refractivity contribution in [2.75, 3.05) is 13.2 Å². The van der Waals surface area contributed by atoms with Crippen LogP contribution in [0, 0.1) is 5.92 Å². The molecule has 0 spiro atoms. The van der Waals surface area contributed by atoms with E-state index in [1.165, 1.54) is 11.1 Å². The molecule has 1 aromatic carbocycles. The van der Waals surface area contributed by atoms with Crippen LogP contribution in [0.4, 0.5) is 0 Å². The second kappa shape index (κ2) is 6.48. The van der Waals surface area contributed by atoms with Crippen molar-refractivity contribution in [3.63, 3.8) is 0 Å². The molecule has 0 saturated heterocycles. The van der Waals surface area contributed by atoms with Crippen molar-refractivity contribution in [3.8, 4) is 5.75 Å². The fourth-order valence-electron chi connectivity index (χ4n) is 3.42. The lowest BCUT2D eigenvalue weighted by molar-refractivity contribution is -0.143. The summed E-state index contributed by atoms with van der Waals surface area (Å²) in [5.41, 5.74) is 2.65. The predicted molar refractivity (Wildman–Crippen MR) is 80.7 cm³/mol. The van der Waals surface area contributed by atoms with Crippen LogP contribution in [0.1, 0.15) is 36.8 Å². The van der Waals surface area contributed by atoms with E-state index in [4.69, 9.17) is 9.84 Å². The molecular weight excluding hydrogens is 266 g/mol. The molecular formula is C17H23NO3. The Morgan fingerprint density at radius 3 is 3.14 bits per heavy atom. The van der Waals surface area contributed by atoms with Crippen LogP contribution in [0.15, 0.2) is 18.2 Å². The molecule has 1 heterocycles. The molecule has 1 saturated carbocycles. The molecule has 2 atom stereocenters. The van der Waals surface area contributed by atoms with Crippen molar-refractivity contribution in [3.05, 3.63) is 29.3 Å². The topological polar surface area (TPSA) is 58.6 Å². The Morgan fingerprint density at radius 1 is 1.38 bits per heavy atom. The van der Waals surface area contributed by atoms with Gasteiger partial charge in [-0.25, -0.2) is 0 Å². The van der Waals surface area contributed by atoms with Gasteiger partial charge in [0, 0.05) is 12.5 Å². The fraction of sp³-hybridized carbons (Fsp3) is 0.588. The van der Waals surface area contributed by atoms with Gasteiger partial charge in [0.25, 0.3) is 0 Å². The minimum absolute atomic E-state index is 0.159. The van der Waals surface area contributed by atoms with Crippen LogP contribution in [0.25, 0.3) is 0 Å². The molecule has 1 aromatic rings. The number of carboxylic acid groups (broad SMARTS) is 1. The van der Waals surface area contributed by atoms with Crippen molar-refractivity contribution in [2.24, 2.45) is 5.92 Å². The van der Waals surface area contributed by atoms with E-state index in [0.29, 0.717) is 6.04 Å². The second-order valence-corrected chi connectivity index (χ2v) is 6.14. The van der Waals surface area contributed by atoms with Crippen LogP contribution in [0.2, 0.25) is 0 Å². The van der Waals surface area contributed by atoms with E-state index in [1.54, 1.807) is 0 Å². The van der Waals surface area contributed by atoms with Gasteiger partial charge in [-0.15, -0.1) is 0 Å². The summed E-state index contributed by atoms with van der Waals surface area (Å²) in [5.74, 6) is 0.233. The van der Waals surface area contributed by atoms with Crippen molar-refractivity contribution in [2.45, 2.75) is 44.6 Å². The molecule has 114 valence electrons. The highest BCUT2D eigenvalue weighted by Gasteiger charge is 2.26. The van der Waals surface area contributed by atoms with Crippen molar-refractivity contribution >= 4 is 5.97 Å². The Hall–Kier alpha value is -1.55. The molecule has 0 radical (unpaired) electrons. The summed E-state index contributed by atoms with van der Waals surface area (Å²) in [4.78, 5) is 11.1. The van der Waals surface area contributed by atoms with E-state index in [9.17, 15) is 4.79 Å². The highest BCUT2D eigenvalue weighted by atomic mass is 16.5. The number of rotatable bonds is 5. The Kier molecular flexibility index (Phi) is 4.44. The van der Waals surface area contributed by atoms with Gasteiger partial charge in [0.15, 0.2) is 0 Å². The van der Waals surface area contributed by atoms with E-state index >= 15 is 0 Å². The number of fused-ring (bicyclic) bond motifs is 1. The van der Waals surface area contributed by atoms with E-state index in [1.807, 2.05) is 0 Å². The van der Waals surface area contributed by atoms with Gasteiger partial charge in [0.05, 0.1) is 12.5 Å². The SMILES string of the molecule is O=C(O)C1CCCC(NCCc2ccc3c(c2)CCO3)C1. The minimum atomic E-state index is -0.639. The largest absolute Gasteiger partial charge is 0.493 e. The van der Waals surface area contributed by atoms with E-state index in [-0.39, 0.29) is 5.92 Å². The Morgan fingerprint density at radius 2 is 2.29 bits per heavy atom. The van der Waals surface area contributed by atoms with Crippen LogP contribution in [0.5, 0.6) is 5.75 Å². The zero-order valence-electron chi connectivity index (χ0n) is 12.3. The second-order valence-electron chi connectivity index (χ2n) is 6.14.